The molecule has 4 rings (SSSR count). The van der Waals surface area contributed by atoms with Crippen LogP contribution < -0.4 is 10.2 Å². The van der Waals surface area contributed by atoms with Crippen molar-refractivity contribution in [1.29, 1.82) is 0 Å². The Labute approximate surface area is 148 Å². The minimum Gasteiger partial charge on any atom is -0.442 e. The molecule has 0 spiro atoms. The van der Waals surface area contributed by atoms with Gasteiger partial charge in [0.05, 0.1) is 13.1 Å². The molecule has 2 amide bonds. The highest BCUT2D eigenvalue weighted by Gasteiger charge is 2.35. The van der Waals surface area contributed by atoms with Crippen LogP contribution in [-0.4, -0.2) is 31.2 Å². The number of ether oxygens (including phenoxy) is 1. The van der Waals surface area contributed by atoms with E-state index in [1.165, 1.54) is 50.2 Å². The van der Waals surface area contributed by atoms with Crippen molar-refractivity contribution < 1.29 is 14.3 Å². The highest BCUT2D eigenvalue weighted by molar-refractivity contribution is 5.90. The van der Waals surface area contributed by atoms with Gasteiger partial charge in [0.2, 0.25) is 5.91 Å². The largest absolute Gasteiger partial charge is 0.442 e. The van der Waals surface area contributed by atoms with E-state index in [1.807, 2.05) is 0 Å². The zero-order valence-electron chi connectivity index (χ0n) is 14.8. The minimum absolute atomic E-state index is 0.105. The summed E-state index contributed by atoms with van der Waals surface area (Å²) in [6.07, 6.45) is 7.11. The van der Waals surface area contributed by atoms with Crippen LogP contribution in [0.2, 0.25) is 0 Å². The summed E-state index contributed by atoms with van der Waals surface area (Å²) in [5, 5.41) is 2.73. The molecule has 134 valence electrons. The maximum absolute atomic E-state index is 12.3. The fraction of sp³-hybridized carbons (Fsp3) is 0.600. The van der Waals surface area contributed by atoms with Gasteiger partial charge in [-0.2, -0.15) is 0 Å². The number of carbonyl (C=O) groups excluding carboxylic acids is 2. The van der Waals surface area contributed by atoms with Crippen molar-refractivity contribution in [2.45, 2.75) is 57.5 Å². The Kier molecular flexibility index (Phi) is 4.40. The number of cyclic esters (lactones) is 1. The quantitative estimate of drug-likeness (QED) is 0.916. The van der Waals surface area contributed by atoms with Crippen LogP contribution in [0.25, 0.3) is 0 Å². The van der Waals surface area contributed by atoms with Gasteiger partial charge in [0.15, 0.2) is 0 Å². The number of nitrogens with zero attached hydrogens (tertiary/aromatic N) is 1. The number of carbonyl (C=O) groups is 2. The Morgan fingerprint density at radius 3 is 2.96 bits per heavy atom. The van der Waals surface area contributed by atoms with Crippen LogP contribution in [-0.2, 0) is 16.0 Å². The first-order valence-corrected chi connectivity index (χ1v) is 9.47. The van der Waals surface area contributed by atoms with Crippen LogP contribution in [0, 0.1) is 5.92 Å². The van der Waals surface area contributed by atoms with Crippen LogP contribution in [0.4, 0.5) is 10.5 Å². The highest BCUT2D eigenvalue weighted by atomic mass is 16.6. The van der Waals surface area contributed by atoms with Gasteiger partial charge in [-0.05, 0) is 67.2 Å². The molecule has 2 unspecified atom stereocenters. The second-order valence-corrected chi connectivity index (χ2v) is 7.63. The lowest BCUT2D eigenvalue weighted by atomic mass is 9.86. The van der Waals surface area contributed by atoms with Gasteiger partial charge in [-0.3, -0.25) is 9.69 Å². The molecule has 1 aromatic carbocycles. The van der Waals surface area contributed by atoms with Gasteiger partial charge < -0.3 is 10.1 Å². The van der Waals surface area contributed by atoms with E-state index in [9.17, 15) is 9.59 Å². The summed E-state index contributed by atoms with van der Waals surface area (Å²) in [6.45, 7) is 2.33. The number of benzene rings is 1. The molecule has 2 fully saturated rings. The van der Waals surface area contributed by atoms with Gasteiger partial charge in [-0.1, -0.05) is 12.5 Å². The molecule has 1 N–H and O–H groups in total. The Balaban J connectivity index is 1.55. The van der Waals surface area contributed by atoms with Crippen molar-refractivity contribution in [3.8, 4) is 0 Å². The molecule has 1 aromatic rings. The topological polar surface area (TPSA) is 58.6 Å². The predicted molar refractivity (Wildman–Crippen MR) is 95.8 cm³/mol. The molecular weight excluding hydrogens is 316 g/mol. The van der Waals surface area contributed by atoms with Crippen LogP contribution in [0.15, 0.2) is 18.2 Å². The van der Waals surface area contributed by atoms with Crippen molar-refractivity contribution in [2.75, 3.05) is 18.0 Å². The summed E-state index contributed by atoms with van der Waals surface area (Å²) in [5.41, 5.74) is 3.85. The molecule has 25 heavy (non-hydrogen) atoms. The zero-order chi connectivity index (χ0) is 17.4. The number of aryl methyl sites for hydroxylation is 1. The zero-order valence-corrected chi connectivity index (χ0v) is 14.8. The van der Waals surface area contributed by atoms with Crippen molar-refractivity contribution in [3.05, 3.63) is 29.3 Å². The molecule has 0 aromatic heterocycles. The van der Waals surface area contributed by atoms with Gasteiger partial charge in [-0.25, -0.2) is 4.79 Å². The van der Waals surface area contributed by atoms with Crippen LogP contribution in [0.1, 0.15) is 56.1 Å². The molecule has 3 atom stereocenters. The Morgan fingerprint density at radius 2 is 2.12 bits per heavy atom. The average molecular weight is 342 g/mol. The van der Waals surface area contributed by atoms with Crippen LogP contribution in [0.3, 0.4) is 0 Å². The van der Waals surface area contributed by atoms with Gasteiger partial charge >= 0.3 is 6.09 Å². The van der Waals surface area contributed by atoms with E-state index in [-0.39, 0.29) is 18.1 Å². The molecule has 1 saturated heterocycles. The van der Waals surface area contributed by atoms with Crippen LogP contribution in [0.5, 0.6) is 0 Å². The third kappa shape index (κ3) is 3.24. The summed E-state index contributed by atoms with van der Waals surface area (Å²) in [5.74, 6) is 1.37. The normalized spacial score (nSPS) is 28.1. The first-order valence-electron chi connectivity index (χ1n) is 9.47. The van der Waals surface area contributed by atoms with E-state index in [2.05, 4.69) is 23.5 Å². The second-order valence-electron chi connectivity index (χ2n) is 7.63. The fourth-order valence-corrected chi connectivity index (χ4v) is 4.77. The Hall–Kier alpha value is -2.04. The predicted octanol–water partition coefficient (Wildman–Crippen LogP) is 3.37. The maximum Gasteiger partial charge on any atom is 0.414 e. The van der Waals surface area contributed by atoms with E-state index < -0.39 is 0 Å². The number of nitrogens with one attached hydrogen (secondary N) is 1. The van der Waals surface area contributed by atoms with Crippen molar-refractivity contribution in [2.24, 2.45) is 5.92 Å². The average Bonchev–Trinajstić information content (AvgIpc) is 3.16. The number of amides is 2. The second kappa shape index (κ2) is 6.70. The Morgan fingerprint density at radius 1 is 1.28 bits per heavy atom. The van der Waals surface area contributed by atoms with Crippen LogP contribution >= 0.6 is 0 Å². The molecular formula is C20H26N2O3. The number of hydrogen-bond donors (Lipinski definition) is 1. The number of anilines is 1. The lowest BCUT2D eigenvalue weighted by Gasteiger charge is -2.21. The molecule has 1 aliphatic heterocycles. The third-order valence-corrected chi connectivity index (χ3v) is 5.97. The SMILES string of the molecule is CC(=O)NC[C@H]1CN(c2ccc3c(c2)C2CCCC2CCC3)C(=O)O1. The fourth-order valence-electron chi connectivity index (χ4n) is 4.77. The maximum atomic E-state index is 12.3. The molecule has 0 bridgehead atoms. The van der Waals surface area contributed by atoms with E-state index in [4.69, 9.17) is 4.74 Å². The van der Waals surface area contributed by atoms with E-state index in [0.717, 1.165) is 18.0 Å². The summed E-state index contributed by atoms with van der Waals surface area (Å²) >= 11 is 0. The van der Waals surface area contributed by atoms with Gasteiger partial charge in [0.25, 0.3) is 0 Å². The van der Waals surface area contributed by atoms with E-state index >= 15 is 0 Å². The van der Waals surface area contributed by atoms with Crippen molar-refractivity contribution in [1.82, 2.24) is 5.32 Å². The smallest absolute Gasteiger partial charge is 0.414 e. The van der Waals surface area contributed by atoms with Gasteiger partial charge in [0, 0.05) is 12.6 Å². The van der Waals surface area contributed by atoms with Gasteiger partial charge in [-0.15, -0.1) is 0 Å². The summed E-state index contributed by atoms with van der Waals surface area (Å²) in [4.78, 5) is 25.1. The number of rotatable bonds is 3. The highest BCUT2D eigenvalue weighted by Crippen LogP contribution is 2.46. The lowest BCUT2D eigenvalue weighted by molar-refractivity contribution is -0.119. The standard InChI is InChI=1S/C20H26N2O3/c1-13(23)21-11-17-12-22(20(24)25-17)16-9-8-15-5-2-4-14-6-3-7-18(14)19(15)10-16/h8-10,14,17-18H,2-7,11-12H2,1H3,(H,21,23)/t14?,17-,18?/m0/s1. The van der Waals surface area contributed by atoms with E-state index in [0.29, 0.717) is 19.0 Å². The lowest BCUT2D eigenvalue weighted by Crippen LogP contribution is -2.33. The van der Waals surface area contributed by atoms with E-state index in [1.54, 1.807) is 4.90 Å². The van der Waals surface area contributed by atoms with Crippen molar-refractivity contribution >= 4 is 17.7 Å². The third-order valence-electron chi connectivity index (χ3n) is 5.97. The summed E-state index contributed by atoms with van der Waals surface area (Å²) < 4.78 is 5.41. The molecule has 3 aliphatic rings. The molecule has 5 nitrogen and oxygen atoms in total. The minimum atomic E-state index is -0.313. The summed E-state index contributed by atoms with van der Waals surface area (Å²) in [7, 11) is 0. The Bertz CT molecular complexity index is 688. The molecule has 5 heteroatoms. The molecule has 0 radical (unpaired) electrons. The summed E-state index contributed by atoms with van der Waals surface area (Å²) in [6, 6.07) is 6.49. The first kappa shape index (κ1) is 16.4. The monoisotopic (exact) mass is 342 g/mol. The molecule has 1 saturated carbocycles. The van der Waals surface area contributed by atoms with Crippen molar-refractivity contribution in [3.63, 3.8) is 0 Å². The van der Waals surface area contributed by atoms with Gasteiger partial charge in [0.1, 0.15) is 6.10 Å². The number of fused-ring (bicyclic) bond motifs is 3. The molecule has 2 aliphatic carbocycles. The first-order chi connectivity index (χ1) is 12.1. The number of hydrogen-bond acceptors (Lipinski definition) is 3. The molecule has 1 heterocycles.